The van der Waals surface area contributed by atoms with E-state index in [1.165, 1.54) is 36.0 Å². The van der Waals surface area contributed by atoms with Crippen LogP contribution < -0.4 is 5.32 Å². The van der Waals surface area contributed by atoms with Gasteiger partial charge in [-0.3, -0.25) is 9.69 Å². The number of benzene rings is 2. The number of rotatable bonds is 8. The van der Waals surface area contributed by atoms with E-state index in [1.54, 1.807) is 0 Å². The molecule has 1 atom stereocenters. The first-order chi connectivity index (χ1) is 18.4. The van der Waals surface area contributed by atoms with Gasteiger partial charge >= 0.3 is 0 Å². The molecule has 2 aromatic carbocycles. The SMILES string of the molecule is Cc1cc(C)cc(CN2CCN(C(C)CC(=O)Nc3cccc(CN4CCCCC4)c3)C2=C(C#N)C#N)c1. The molecule has 0 bridgehead atoms. The lowest BCUT2D eigenvalue weighted by Gasteiger charge is -2.30. The maximum Gasteiger partial charge on any atom is 0.226 e. The molecular weight excluding hydrogens is 472 g/mol. The van der Waals surface area contributed by atoms with Crippen molar-refractivity contribution in [3.05, 3.63) is 76.1 Å². The van der Waals surface area contributed by atoms with Crippen LogP contribution in [0.1, 0.15) is 54.9 Å². The fourth-order valence-electron chi connectivity index (χ4n) is 5.73. The van der Waals surface area contributed by atoms with Crippen molar-refractivity contribution in [3.63, 3.8) is 0 Å². The summed E-state index contributed by atoms with van der Waals surface area (Å²) in [6, 6.07) is 18.5. The molecule has 38 heavy (non-hydrogen) atoms. The van der Waals surface area contributed by atoms with Crippen molar-refractivity contribution in [2.45, 2.75) is 65.6 Å². The summed E-state index contributed by atoms with van der Waals surface area (Å²) < 4.78 is 0. The lowest BCUT2D eigenvalue weighted by Crippen LogP contribution is -2.35. The standard InChI is InChI=1S/C31H38N6O/c1-23-14-24(2)16-27(15-23)22-36-12-13-37(31(36)28(19-32)20-33)25(3)17-30(38)34-29-9-7-8-26(18-29)21-35-10-5-4-6-11-35/h7-9,14-16,18,25H,4-6,10-13,17,21-22H2,1-3H3,(H,34,38). The van der Waals surface area contributed by atoms with Crippen LogP contribution in [0.2, 0.25) is 0 Å². The van der Waals surface area contributed by atoms with Gasteiger partial charge in [-0.05, 0) is 70.0 Å². The summed E-state index contributed by atoms with van der Waals surface area (Å²) in [6.45, 7) is 11.3. The Morgan fingerprint density at radius 1 is 0.921 bits per heavy atom. The van der Waals surface area contributed by atoms with Crippen molar-refractivity contribution in [2.75, 3.05) is 31.5 Å². The Balaban J connectivity index is 1.42. The third kappa shape index (κ3) is 6.94. The van der Waals surface area contributed by atoms with Crippen LogP contribution in [0.4, 0.5) is 5.69 Å². The van der Waals surface area contributed by atoms with E-state index in [0.29, 0.717) is 25.5 Å². The van der Waals surface area contributed by atoms with Crippen molar-refractivity contribution < 1.29 is 4.79 Å². The number of hydrogen-bond acceptors (Lipinski definition) is 6. The van der Waals surface area contributed by atoms with Gasteiger partial charge in [-0.2, -0.15) is 10.5 Å². The number of allylic oxidation sites excluding steroid dienone is 1. The van der Waals surface area contributed by atoms with Crippen molar-refractivity contribution in [3.8, 4) is 12.1 Å². The van der Waals surface area contributed by atoms with E-state index in [-0.39, 0.29) is 23.9 Å². The van der Waals surface area contributed by atoms with E-state index in [9.17, 15) is 15.3 Å². The van der Waals surface area contributed by atoms with Gasteiger partial charge in [-0.15, -0.1) is 0 Å². The zero-order valence-electron chi connectivity index (χ0n) is 22.8. The molecule has 0 saturated carbocycles. The van der Waals surface area contributed by atoms with E-state index in [4.69, 9.17) is 0 Å². The summed E-state index contributed by atoms with van der Waals surface area (Å²) in [4.78, 5) is 19.6. The van der Waals surface area contributed by atoms with Crippen LogP contribution in [-0.2, 0) is 17.9 Å². The first-order valence-corrected chi connectivity index (χ1v) is 13.6. The minimum atomic E-state index is -0.164. The van der Waals surface area contributed by atoms with Crippen LogP contribution in [0.25, 0.3) is 0 Å². The van der Waals surface area contributed by atoms with Gasteiger partial charge in [-0.25, -0.2) is 0 Å². The normalized spacial score (nSPS) is 16.6. The van der Waals surface area contributed by atoms with Gasteiger partial charge in [0.1, 0.15) is 18.0 Å². The largest absolute Gasteiger partial charge is 0.352 e. The summed E-state index contributed by atoms with van der Waals surface area (Å²) in [7, 11) is 0. The molecule has 2 saturated heterocycles. The molecule has 2 aliphatic heterocycles. The Labute approximate surface area is 226 Å². The summed E-state index contributed by atoms with van der Waals surface area (Å²) in [6.07, 6.45) is 4.08. The fourth-order valence-corrected chi connectivity index (χ4v) is 5.73. The molecule has 7 heteroatoms. The summed E-state index contributed by atoms with van der Waals surface area (Å²) in [5, 5.41) is 22.5. The smallest absolute Gasteiger partial charge is 0.226 e. The van der Waals surface area contributed by atoms with E-state index < -0.39 is 0 Å². The number of likely N-dealkylation sites (tertiary alicyclic amines) is 1. The average molecular weight is 511 g/mol. The van der Waals surface area contributed by atoms with Gasteiger partial charge in [0, 0.05) is 44.3 Å². The van der Waals surface area contributed by atoms with E-state index in [2.05, 4.69) is 71.4 Å². The highest BCUT2D eigenvalue weighted by atomic mass is 16.1. The molecule has 0 spiro atoms. The quantitative estimate of drug-likeness (QED) is 0.498. The molecule has 198 valence electrons. The van der Waals surface area contributed by atoms with Crippen LogP contribution in [0, 0.1) is 36.5 Å². The Hall–Kier alpha value is -3.81. The van der Waals surface area contributed by atoms with Gasteiger partial charge in [0.15, 0.2) is 5.57 Å². The van der Waals surface area contributed by atoms with Gasteiger partial charge in [0.25, 0.3) is 0 Å². The summed E-state index contributed by atoms with van der Waals surface area (Å²) >= 11 is 0. The highest BCUT2D eigenvalue weighted by Gasteiger charge is 2.32. The Bertz CT molecular complexity index is 1230. The third-order valence-corrected chi connectivity index (χ3v) is 7.36. The van der Waals surface area contributed by atoms with Gasteiger partial charge in [0.2, 0.25) is 5.91 Å². The molecule has 1 unspecified atom stereocenters. The minimum Gasteiger partial charge on any atom is -0.352 e. The summed E-state index contributed by atoms with van der Waals surface area (Å²) in [5.41, 5.74) is 5.62. The number of amides is 1. The number of carbonyl (C=O) groups excluding carboxylic acids is 1. The van der Waals surface area contributed by atoms with Crippen LogP contribution in [-0.4, -0.2) is 52.8 Å². The number of aryl methyl sites for hydroxylation is 2. The third-order valence-electron chi connectivity index (χ3n) is 7.36. The van der Waals surface area contributed by atoms with Crippen LogP contribution in [0.5, 0.6) is 0 Å². The first-order valence-electron chi connectivity index (χ1n) is 13.6. The monoisotopic (exact) mass is 510 g/mol. The van der Waals surface area contributed by atoms with Crippen molar-refractivity contribution >= 4 is 11.6 Å². The summed E-state index contributed by atoms with van der Waals surface area (Å²) in [5.74, 6) is 0.549. The Morgan fingerprint density at radius 2 is 1.63 bits per heavy atom. The molecule has 2 aromatic rings. The second kappa shape index (κ2) is 12.6. The van der Waals surface area contributed by atoms with Crippen molar-refractivity contribution in [1.82, 2.24) is 14.7 Å². The second-order valence-corrected chi connectivity index (χ2v) is 10.7. The predicted octanol–water partition coefficient (Wildman–Crippen LogP) is 5.08. The molecule has 7 nitrogen and oxygen atoms in total. The molecule has 0 radical (unpaired) electrons. The first kappa shape index (κ1) is 27.2. The molecule has 1 amide bonds. The molecule has 0 aliphatic carbocycles. The van der Waals surface area contributed by atoms with Crippen molar-refractivity contribution in [2.24, 2.45) is 0 Å². The maximum absolute atomic E-state index is 13.0. The molecule has 2 fully saturated rings. The molecule has 1 N–H and O–H groups in total. The average Bonchev–Trinajstić information content (AvgIpc) is 3.28. The van der Waals surface area contributed by atoms with Gasteiger partial charge in [0.05, 0.1) is 0 Å². The zero-order chi connectivity index (χ0) is 27.1. The number of nitriles is 2. The van der Waals surface area contributed by atoms with E-state index in [1.807, 2.05) is 24.0 Å². The highest BCUT2D eigenvalue weighted by molar-refractivity contribution is 5.91. The second-order valence-electron chi connectivity index (χ2n) is 10.7. The molecule has 2 aliphatic rings. The van der Waals surface area contributed by atoms with Crippen molar-refractivity contribution in [1.29, 1.82) is 10.5 Å². The number of piperidine rings is 1. The number of anilines is 1. The Kier molecular flexibility index (Phi) is 9.05. The number of nitrogens with zero attached hydrogens (tertiary/aromatic N) is 5. The number of hydrogen-bond donors (Lipinski definition) is 1. The zero-order valence-corrected chi connectivity index (χ0v) is 22.8. The number of carbonyl (C=O) groups is 1. The van der Waals surface area contributed by atoms with Gasteiger partial charge in [-0.1, -0.05) is 47.9 Å². The molecular formula is C31H38N6O. The van der Waals surface area contributed by atoms with Crippen LogP contribution in [0.3, 0.4) is 0 Å². The lowest BCUT2D eigenvalue weighted by molar-refractivity contribution is -0.117. The number of nitrogens with one attached hydrogen (secondary N) is 1. The minimum absolute atomic E-state index is 0.0739. The fraction of sp³-hybridized carbons (Fsp3) is 0.452. The highest BCUT2D eigenvalue weighted by Crippen LogP contribution is 2.28. The van der Waals surface area contributed by atoms with E-state index in [0.717, 1.165) is 30.9 Å². The maximum atomic E-state index is 13.0. The molecule has 0 aromatic heterocycles. The molecule has 2 heterocycles. The van der Waals surface area contributed by atoms with Crippen LogP contribution >= 0.6 is 0 Å². The Morgan fingerprint density at radius 3 is 2.32 bits per heavy atom. The topological polar surface area (TPSA) is 86.4 Å². The van der Waals surface area contributed by atoms with Gasteiger partial charge < -0.3 is 15.1 Å². The van der Waals surface area contributed by atoms with Crippen LogP contribution in [0.15, 0.2) is 53.9 Å². The predicted molar refractivity (Wildman–Crippen MR) is 150 cm³/mol. The molecule has 4 rings (SSSR count). The van der Waals surface area contributed by atoms with E-state index >= 15 is 0 Å². The lowest BCUT2D eigenvalue weighted by atomic mass is 10.1.